The highest BCUT2D eigenvalue weighted by Gasteiger charge is 2.27. The quantitative estimate of drug-likeness (QED) is 0.0569. The number of hydrogen-bond donors (Lipinski definition) is 0. The molecule has 0 spiro atoms. The third kappa shape index (κ3) is 20.8. The fourth-order valence-electron chi connectivity index (χ4n) is 6.34. The third-order valence-corrected chi connectivity index (χ3v) is 9.84. The van der Waals surface area contributed by atoms with Crippen molar-refractivity contribution in [2.75, 3.05) is 5.33 Å². The predicted molar refractivity (Wildman–Crippen MR) is 262 cm³/mol. The fraction of sp³-hybridized carbons (Fsp3) is 0.286. The number of hydrogen-bond acceptors (Lipinski definition) is 8. The Morgan fingerprint density at radius 3 is 1.25 bits per heavy atom. The molecule has 0 aromatic heterocycles. The number of alkyl halides is 1. The van der Waals surface area contributed by atoms with E-state index in [1.165, 1.54) is 11.1 Å². The number of ether oxygens (including phenoxy) is 4. The van der Waals surface area contributed by atoms with E-state index in [0.29, 0.717) is 25.9 Å². The predicted octanol–water partition coefficient (Wildman–Crippen LogP) is 12.7. The van der Waals surface area contributed by atoms with Gasteiger partial charge in [0.05, 0.1) is 12.3 Å². The summed E-state index contributed by atoms with van der Waals surface area (Å²) in [4.78, 5) is 47.7. The van der Waals surface area contributed by atoms with Gasteiger partial charge in [0, 0.05) is 6.42 Å². The molecule has 65 heavy (non-hydrogen) atoms. The number of aryl methyl sites for hydroxylation is 1. The zero-order valence-corrected chi connectivity index (χ0v) is 39.9. The normalized spacial score (nSPS) is 11.3. The average molecular weight is 942 g/mol. The molecule has 0 radical (unpaired) electrons. The highest BCUT2D eigenvalue weighted by molar-refractivity contribution is 9.09. The zero-order valence-electron chi connectivity index (χ0n) is 38.3. The molecule has 6 rings (SSSR count). The Morgan fingerprint density at radius 1 is 0.446 bits per heavy atom. The lowest BCUT2D eigenvalue weighted by Crippen LogP contribution is -2.29. The van der Waals surface area contributed by atoms with E-state index in [9.17, 15) is 19.2 Å². The van der Waals surface area contributed by atoms with Crippen LogP contribution < -0.4 is 0 Å². The van der Waals surface area contributed by atoms with Crippen molar-refractivity contribution in [1.29, 1.82) is 0 Å². The molecule has 0 aliphatic carbocycles. The maximum Gasteiger partial charge on any atom is 0.317 e. The van der Waals surface area contributed by atoms with E-state index in [4.69, 9.17) is 18.9 Å². The van der Waals surface area contributed by atoms with Gasteiger partial charge in [-0.15, -0.1) is 0 Å². The number of rotatable bonds is 15. The van der Waals surface area contributed by atoms with E-state index < -0.39 is 23.5 Å². The minimum absolute atomic E-state index is 0.0225. The Morgan fingerprint density at radius 2 is 0.831 bits per heavy atom. The molecule has 0 amide bonds. The van der Waals surface area contributed by atoms with Crippen LogP contribution in [0.1, 0.15) is 76.6 Å². The molecule has 0 fully saturated rings. The van der Waals surface area contributed by atoms with Gasteiger partial charge in [-0.3, -0.25) is 19.2 Å². The monoisotopic (exact) mass is 940 g/mol. The number of carbonyl (C=O) groups excluding carboxylic acids is 4. The molecule has 340 valence electrons. The van der Waals surface area contributed by atoms with Crippen LogP contribution >= 0.6 is 15.9 Å². The molecule has 0 saturated carbocycles. The van der Waals surface area contributed by atoms with Crippen molar-refractivity contribution in [2.45, 2.75) is 91.6 Å². The molecule has 0 aliphatic rings. The standard InChI is InChI=1S/C28H30O4.C22H20O2.C6H11BrO2/c1-28(2,3)32-26(29)19-25(27(30)31-20-22-10-6-4-7-11-22)18-21-14-16-24(17-15-21)23-12-8-5-9-13-23;23-22(24-17-19-7-3-1-4-8-19)16-13-18-11-14-21(15-12-18)20-9-5-2-6-10-20;1-6(2,3)9-5(8)4-7/h4-17,25H,18-20H2,1-3H3;1-12,14-15H,13,16-17H2;4H2,1-3H3. The molecular formula is C56H61BrO8. The Bertz CT molecular complexity index is 2320. The molecule has 8 nitrogen and oxygen atoms in total. The van der Waals surface area contributed by atoms with Gasteiger partial charge in [-0.25, -0.2) is 0 Å². The van der Waals surface area contributed by atoms with Gasteiger partial charge >= 0.3 is 23.9 Å². The third-order valence-electron chi connectivity index (χ3n) is 9.38. The van der Waals surface area contributed by atoms with E-state index in [1.807, 2.05) is 163 Å². The second-order valence-corrected chi connectivity index (χ2v) is 17.8. The molecular weight excluding hydrogens is 881 g/mol. The van der Waals surface area contributed by atoms with E-state index >= 15 is 0 Å². The Balaban J connectivity index is 0.000000246. The van der Waals surface area contributed by atoms with Gasteiger partial charge in [-0.1, -0.05) is 186 Å². The number of benzene rings is 6. The maximum atomic E-state index is 12.9. The van der Waals surface area contributed by atoms with Crippen molar-refractivity contribution in [2.24, 2.45) is 5.92 Å². The molecule has 0 saturated heterocycles. The number of halogens is 1. The minimum atomic E-state index is -0.615. The molecule has 1 atom stereocenters. The van der Waals surface area contributed by atoms with E-state index in [-0.39, 0.29) is 35.9 Å². The highest BCUT2D eigenvalue weighted by atomic mass is 79.9. The highest BCUT2D eigenvalue weighted by Crippen LogP contribution is 2.24. The summed E-state index contributed by atoms with van der Waals surface area (Å²) in [7, 11) is 0. The topological polar surface area (TPSA) is 105 Å². The summed E-state index contributed by atoms with van der Waals surface area (Å²) >= 11 is 2.99. The van der Waals surface area contributed by atoms with Crippen molar-refractivity contribution in [3.05, 3.63) is 192 Å². The Labute approximate surface area is 393 Å². The first-order valence-electron chi connectivity index (χ1n) is 21.8. The van der Waals surface area contributed by atoms with Gasteiger partial charge < -0.3 is 18.9 Å². The lowest BCUT2D eigenvalue weighted by Gasteiger charge is -2.22. The van der Waals surface area contributed by atoms with Crippen LogP contribution in [0.3, 0.4) is 0 Å². The first kappa shape index (κ1) is 51.3. The van der Waals surface area contributed by atoms with E-state index in [0.717, 1.165) is 33.4 Å². The lowest BCUT2D eigenvalue weighted by atomic mass is 9.94. The van der Waals surface area contributed by atoms with Crippen LogP contribution in [0, 0.1) is 5.92 Å². The summed E-state index contributed by atoms with van der Waals surface area (Å²) in [6.07, 6.45) is 1.48. The molecule has 0 aliphatic heterocycles. The van der Waals surface area contributed by atoms with Gasteiger partial charge in [0.15, 0.2) is 0 Å². The van der Waals surface area contributed by atoms with Gasteiger partial charge in [0.1, 0.15) is 29.7 Å². The summed E-state index contributed by atoms with van der Waals surface area (Å²) in [6, 6.07) is 56.0. The lowest BCUT2D eigenvalue weighted by molar-refractivity contribution is -0.162. The summed E-state index contributed by atoms with van der Waals surface area (Å²) in [6.45, 7) is 11.5. The zero-order chi connectivity index (χ0) is 47.1. The van der Waals surface area contributed by atoms with Crippen LogP contribution in [0.25, 0.3) is 22.3 Å². The van der Waals surface area contributed by atoms with Crippen LogP contribution in [0.2, 0.25) is 0 Å². The Hall–Kier alpha value is -6.32. The summed E-state index contributed by atoms with van der Waals surface area (Å²) in [5.41, 5.74) is 7.69. The van der Waals surface area contributed by atoms with Crippen molar-refractivity contribution >= 4 is 39.8 Å². The van der Waals surface area contributed by atoms with Gasteiger partial charge in [-0.05, 0) is 98.9 Å². The SMILES string of the molecule is CC(C)(C)OC(=O)CBr.CC(C)(C)OC(=O)CC(Cc1ccc(-c2ccccc2)cc1)C(=O)OCc1ccccc1.O=C(CCc1ccc(-c2ccccc2)cc1)OCc1ccccc1. The molecule has 0 bridgehead atoms. The van der Waals surface area contributed by atoms with E-state index in [2.05, 4.69) is 64.5 Å². The van der Waals surface area contributed by atoms with Crippen molar-refractivity contribution in [3.63, 3.8) is 0 Å². The van der Waals surface area contributed by atoms with Crippen LogP contribution in [-0.2, 0) is 64.2 Å². The Kier molecular flexibility index (Phi) is 20.9. The van der Waals surface area contributed by atoms with Crippen molar-refractivity contribution in [3.8, 4) is 22.3 Å². The summed E-state index contributed by atoms with van der Waals surface area (Å²) in [5, 5.41) is 0.268. The van der Waals surface area contributed by atoms with Gasteiger partial charge in [0.2, 0.25) is 0 Å². The second kappa shape index (κ2) is 26.5. The van der Waals surface area contributed by atoms with Crippen LogP contribution in [0.4, 0.5) is 0 Å². The number of esters is 4. The summed E-state index contributed by atoms with van der Waals surface area (Å²) in [5.74, 6) is -1.79. The van der Waals surface area contributed by atoms with Crippen LogP contribution in [-0.4, -0.2) is 40.4 Å². The maximum absolute atomic E-state index is 12.9. The summed E-state index contributed by atoms with van der Waals surface area (Å²) < 4.78 is 21.2. The van der Waals surface area contributed by atoms with Crippen LogP contribution in [0.15, 0.2) is 170 Å². The molecule has 1 unspecified atom stereocenters. The first-order valence-corrected chi connectivity index (χ1v) is 22.9. The molecule has 6 aromatic carbocycles. The largest absolute Gasteiger partial charge is 0.461 e. The van der Waals surface area contributed by atoms with Gasteiger partial charge in [-0.2, -0.15) is 0 Å². The molecule has 9 heteroatoms. The minimum Gasteiger partial charge on any atom is -0.461 e. The average Bonchev–Trinajstić information content (AvgIpc) is 3.30. The van der Waals surface area contributed by atoms with Crippen LogP contribution in [0.5, 0.6) is 0 Å². The number of carbonyl (C=O) groups is 4. The van der Waals surface area contributed by atoms with Crippen molar-refractivity contribution in [1.82, 2.24) is 0 Å². The molecule has 6 aromatic rings. The smallest absolute Gasteiger partial charge is 0.317 e. The molecule has 0 N–H and O–H groups in total. The fourth-order valence-corrected chi connectivity index (χ4v) is 6.45. The first-order chi connectivity index (χ1) is 31.1. The second-order valence-electron chi connectivity index (χ2n) is 17.3. The van der Waals surface area contributed by atoms with Gasteiger partial charge in [0.25, 0.3) is 0 Å². The van der Waals surface area contributed by atoms with E-state index in [1.54, 1.807) is 0 Å². The van der Waals surface area contributed by atoms with Crippen molar-refractivity contribution < 1.29 is 38.1 Å². The molecule has 0 heterocycles.